The van der Waals surface area contributed by atoms with Crippen molar-refractivity contribution in [3.63, 3.8) is 0 Å². The lowest BCUT2D eigenvalue weighted by atomic mass is 10.1. The van der Waals surface area contributed by atoms with Gasteiger partial charge in [0, 0.05) is 32.1 Å². The van der Waals surface area contributed by atoms with E-state index in [-0.39, 0.29) is 5.78 Å². The molecule has 0 aromatic rings. The Morgan fingerprint density at radius 1 is 0.704 bits per heavy atom. The summed E-state index contributed by atoms with van der Waals surface area (Å²) in [6.45, 7) is 19.4. The summed E-state index contributed by atoms with van der Waals surface area (Å²) in [7, 11) is 0. The van der Waals surface area contributed by atoms with E-state index >= 15 is 0 Å². The molecule has 0 saturated carbocycles. The fourth-order valence-electron chi connectivity index (χ4n) is 1.55. The van der Waals surface area contributed by atoms with Gasteiger partial charge in [-0.1, -0.05) is 64.0 Å². The molecule has 0 saturated heterocycles. The van der Waals surface area contributed by atoms with Gasteiger partial charge in [0.2, 0.25) is 0 Å². The fraction of sp³-hybridized carbons (Fsp3) is 0.625. The molecule has 0 aliphatic carbocycles. The quantitative estimate of drug-likeness (QED) is 0.305. The molecule has 0 aromatic heterocycles. The van der Waals surface area contributed by atoms with Crippen LogP contribution in [-0.2, 0) is 14.4 Å². The van der Waals surface area contributed by atoms with Gasteiger partial charge < -0.3 is 0 Å². The van der Waals surface area contributed by atoms with Crippen molar-refractivity contribution >= 4 is 17.3 Å². The highest BCUT2D eigenvalue weighted by Gasteiger charge is 1.98. The van der Waals surface area contributed by atoms with Crippen molar-refractivity contribution in [3.8, 4) is 0 Å². The molecule has 0 atom stereocenters. The zero-order chi connectivity index (χ0) is 21.8. The molecule has 0 bridgehead atoms. The van der Waals surface area contributed by atoms with Crippen molar-refractivity contribution in [3.05, 3.63) is 35.5 Å². The second kappa shape index (κ2) is 20.5. The Hall–Kier alpha value is -1.77. The predicted molar refractivity (Wildman–Crippen MR) is 118 cm³/mol. The minimum absolute atomic E-state index is 0.231. The van der Waals surface area contributed by atoms with Crippen LogP contribution in [0.3, 0.4) is 0 Å². The van der Waals surface area contributed by atoms with Crippen LogP contribution in [0, 0.1) is 0 Å². The van der Waals surface area contributed by atoms with Gasteiger partial charge >= 0.3 is 0 Å². The summed E-state index contributed by atoms with van der Waals surface area (Å²) in [6.07, 6.45) is 8.73. The molecular weight excluding hydrogens is 336 g/mol. The van der Waals surface area contributed by atoms with Gasteiger partial charge in [-0.25, -0.2) is 0 Å². The average molecular weight is 379 g/mol. The van der Waals surface area contributed by atoms with Crippen LogP contribution in [0.15, 0.2) is 35.5 Å². The molecule has 0 N–H and O–H groups in total. The highest BCUT2D eigenvalue weighted by Crippen LogP contribution is 2.04. The van der Waals surface area contributed by atoms with Crippen LogP contribution in [0.4, 0.5) is 0 Å². The summed E-state index contributed by atoms with van der Waals surface area (Å²) < 4.78 is 0. The molecule has 0 rings (SSSR count). The lowest BCUT2D eigenvalue weighted by molar-refractivity contribution is -0.118. The van der Waals surface area contributed by atoms with Crippen LogP contribution < -0.4 is 0 Å². The molecule has 0 radical (unpaired) electrons. The number of hydrogen-bond donors (Lipinski definition) is 0. The van der Waals surface area contributed by atoms with Gasteiger partial charge in [-0.3, -0.25) is 14.4 Å². The monoisotopic (exact) mass is 378 g/mol. The molecule has 0 amide bonds. The third-order valence-corrected chi connectivity index (χ3v) is 4.02. The Labute approximate surface area is 168 Å². The summed E-state index contributed by atoms with van der Waals surface area (Å²) in [5.74, 6) is 0.849. The number of ketones is 3. The van der Waals surface area contributed by atoms with E-state index in [9.17, 15) is 14.4 Å². The van der Waals surface area contributed by atoms with Crippen LogP contribution in [0.5, 0.6) is 0 Å². The largest absolute Gasteiger partial charge is 0.299 e. The lowest BCUT2D eigenvalue weighted by Crippen LogP contribution is -1.95. The summed E-state index contributed by atoms with van der Waals surface area (Å²) in [5, 5.41) is 0. The second-order valence-electron chi connectivity index (χ2n) is 6.54. The van der Waals surface area contributed by atoms with Gasteiger partial charge in [0.15, 0.2) is 5.78 Å². The minimum atomic E-state index is 0.231. The summed E-state index contributed by atoms with van der Waals surface area (Å²) in [6, 6.07) is 0. The highest BCUT2D eigenvalue weighted by atomic mass is 16.1. The van der Waals surface area contributed by atoms with E-state index in [0.29, 0.717) is 43.7 Å². The van der Waals surface area contributed by atoms with Gasteiger partial charge in [-0.15, -0.1) is 0 Å². The molecule has 0 unspecified atom stereocenters. The standard InChI is InChI=1S/3C8H14O/c3*1-4-7(3)6-8(9)5-2/h6H,4-5H2,1-3H3;4H,5-6H2,1-3H3;3-6H2,1-2H3/b7-6+;7-4+;. The van der Waals surface area contributed by atoms with Gasteiger partial charge in [-0.05, 0) is 39.7 Å². The van der Waals surface area contributed by atoms with Crippen molar-refractivity contribution in [2.24, 2.45) is 0 Å². The normalized spacial score (nSPS) is 10.8. The Morgan fingerprint density at radius 3 is 1.52 bits per heavy atom. The van der Waals surface area contributed by atoms with E-state index in [1.807, 2.05) is 54.5 Å². The average Bonchev–Trinajstić information content (AvgIpc) is 2.67. The van der Waals surface area contributed by atoms with E-state index in [0.717, 1.165) is 18.4 Å². The molecule has 0 aromatic carbocycles. The molecule has 27 heavy (non-hydrogen) atoms. The van der Waals surface area contributed by atoms with Crippen LogP contribution in [0.2, 0.25) is 0 Å². The van der Waals surface area contributed by atoms with Crippen LogP contribution in [0.1, 0.15) is 100 Å². The summed E-state index contributed by atoms with van der Waals surface area (Å²) >= 11 is 0. The highest BCUT2D eigenvalue weighted by molar-refractivity contribution is 5.89. The number of Topliss-reactive ketones (excluding diaryl/α,β-unsaturated/α-hetero) is 2. The van der Waals surface area contributed by atoms with E-state index in [2.05, 4.69) is 13.5 Å². The van der Waals surface area contributed by atoms with Gasteiger partial charge in [0.1, 0.15) is 11.6 Å². The first kappa shape index (κ1) is 30.0. The SMILES string of the molecule is C/C=C(\C)CC(=O)CC.C=C(CC)CC(=O)CC.CCC(=O)/C=C(\C)CC. The minimum Gasteiger partial charge on any atom is -0.299 e. The van der Waals surface area contributed by atoms with Crippen molar-refractivity contribution in [1.82, 2.24) is 0 Å². The second-order valence-corrected chi connectivity index (χ2v) is 6.54. The number of carbonyl (C=O) groups is 3. The smallest absolute Gasteiger partial charge is 0.155 e. The van der Waals surface area contributed by atoms with Crippen molar-refractivity contribution in [1.29, 1.82) is 0 Å². The van der Waals surface area contributed by atoms with Crippen molar-refractivity contribution in [2.45, 2.75) is 100 Å². The third kappa shape index (κ3) is 24.2. The van der Waals surface area contributed by atoms with Gasteiger partial charge in [-0.2, -0.15) is 0 Å². The molecule has 3 heteroatoms. The Morgan fingerprint density at radius 2 is 1.19 bits per heavy atom. The third-order valence-electron chi connectivity index (χ3n) is 4.02. The summed E-state index contributed by atoms with van der Waals surface area (Å²) in [5.41, 5.74) is 3.38. The maximum absolute atomic E-state index is 10.7. The van der Waals surface area contributed by atoms with E-state index < -0.39 is 0 Å². The van der Waals surface area contributed by atoms with E-state index in [4.69, 9.17) is 0 Å². The van der Waals surface area contributed by atoms with Crippen LogP contribution >= 0.6 is 0 Å². The molecule has 0 aliphatic rings. The van der Waals surface area contributed by atoms with Crippen LogP contribution in [0.25, 0.3) is 0 Å². The number of allylic oxidation sites excluding steroid dienone is 5. The van der Waals surface area contributed by atoms with E-state index in [1.54, 1.807) is 6.08 Å². The number of rotatable bonds is 10. The maximum atomic E-state index is 10.7. The topological polar surface area (TPSA) is 51.2 Å². The fourth-order valence-corrected chi connectivity index (χ4v) is 1.55. The molecule has 0 spiro atoms. The van der Waals surface area contributed by atoms with E-state index in [1.165, 1.54) is 11.1 Å². The molecule has 0 fully saturated rings. The predicted octanol–water partition coefficient (Wildman–Crippen LogP) is 6.97. The zero-order valence-corrected chi connectivity index (χ0v) is 19.0. The zero-order valence-electron chi connectivity index (χ0n) is 19.0. The molecule has 156 valence electrons. The first-order chi connectivity index (χ1) is 12.6. The molecule has 0 aliphatic heterocycles. The Balaban J connectivity index is -0.000000320. The Bertz CT molecular complexity index is 494. The van der Waals surface area contributed by atoms with Crippen LogP contribution in [-0.4, -0.2) is 17.3 Å². The number of hydrogen-bond acceptors (Lipinski definition) is 3. The van der Waals surface area contributed by atoms with Crippen molar-refractivity contribution < 1.29 is 14.4 Å². The molecule has 0 heterocycles. The first-order valence-electron chi connectivity index (χ1n) is 10.1. The van der Waals surface area contributed by atoms with Crippen molar-refractivity contribution in [2.75, 3.05) is 0 Å². The molecular formula is C24H42O3. The van der Waals surface area contributed by atoms with Gasteiger partial charge in [0.25, 0.3) is 0 Å². The van der Waals surface area contributed by atoms with Gasteiger partial charge in [0.05, 0.1) is 0 Å². The summed E-state index contributed by atoms with van der Waals surface area (Å²) in [4.78, 5) is 32.2. The lowest BCUT2D eigenvalue weighted by Gasteiger charge is -1.96. The first-order valence-corrected chi connectivity index (χ1v) is 10.1. The molecule has 3 nitrogen and oxygen atoms in total. The maximum Gasteiger partial charge on any atom is 0.155 e. The Kier molecular flexibility index (Phi) is 22.8. The number of carbonyl (C=O) groups excluding carboxylic acids is 3.